The van der Waals surface area contributed by atoms with Gasteiger partial charge in [-0.3, -0.25) is 4.79 Å². The SMILES string of the molecule is COc1ccc(N(C)CC(=O)N2[C@H](C)CCC[C@@H]2C)c(OC)c1. The number of ether oxygens (including phenoxy) is 2. The highest BCUT2D eigenvalue weighted by molar-refractivity contribution is 5.82. The van der Waals surface area contributed by atoms with Crippen LogP contribution in [0.1, 0.15) is 33.1 Å². The molecule has 1 fully saturated rings. The summed E-state index contributed by atoms with van der Waals surface area (Å²) < 4.78 is 10.7. The summed E-state index contributed by atoms with van der Waals surface area (Å²) in [5, 5.41) is 0. The molecule has 1 amide bonds. The van der Waals surface area contributed by atoms with Crippen LogP contribution in [0, 0.1) is 0 Å². The maximum Gasteiger partial charge on any atom is 0.242 e. The molecule has 0 radical (unpaired) electrons. The first-order chi connectivity index (χ1) is 11.0. The quantitative estimate of drug-likeness (QED) is 0.836. The molecule has 128 valence electrons. The van der Waals surface area contributed by atoms with Gasteiger partial charge in [0.25, 0.3) is 0 Å². The van der Waals surface area contributed by atoms with Crippen molar-refractivity contribution in [3.05, 3.63) is 18.2 Å². The summed E-state index contributed by atoms with van der Waals surface area (Å²) in [7, 11) is 5.17. The number of methoxy groups -OCH3 is 2. The Kier molecular flexibility index (Phi) is 5.74. The summed E-state index contributed by atoms with van der Waals surface area (Å²) in [5.74, 6) is 1.62. The van der Waals surface area contributed by atoms with Crippen molar-refractivity contribution in [2.75, 3.05) is 32.7 Å². The summed E-state index contributed by atoms with van der Waals surface area (Å²) in [6.07, 6.45) is 3.38. The first-order valence-electron chi connectivity index (χ1n) is 8.22. The molecule has 2 atom stereocenters. The van der Waals surface area contributed by atoms with Crippen LogP contribution >= 0.6 is 0 Å². The third kappa shape index (κ3) is 3.89. The lowest BCUT2D eigenvalue weighted by atomic mass is 9.97. The Morgan fingerprint density at radius 1 is 1.22 bits per heavy atom. The summed E-state index contributed by atoms with van der Waals surface area (Å²) in [6, 6.07) is 6.27. The second-order valence-corrected chi connectivity index (χ2v) is 6.32. The minimum absolute atomic E-state index is 0.171. The van der Waals surface area contributed by atoms with Gasteiger partial charge in [-0.1, -0.05) is 0 Å². The van der Waals surface area contributed by atoms with Crippen molar-refractivity contribution in [3.63, 3.8) is 0 Å². The molecule has 2 rings (SSSR count). The average molecular weight is 320 g/mol. The molecule has 1 aromatic rings. The molecule has 0 spiro atoms. The maximum atomic E-state index is 12.7. The highest BCUT2D eigenvalue weighted by Crippen LogP contribution is 2.32. The normalized spacial score (nSPS) is 21.0. The van der Waals surface area contributed by atoms with E-state index in [9.17, 15) is 4.79 Å². The van der Waals surface area contributed by atoms with E-state index in [1.54, 1.807) is 14.2 Å². The number of likely N-dealkylation sites (N-methyl/N-ethyl adjacent to an activating group) is 1. The zero-order valence-electron chi connectivity index (χ0n) is 14.8. The fourth-order valence-corrected chi connectivity index (χ4v) is 3.38. The van der Waals surface area contributed by atoms with Gasteiger partial charge in [-0.05, 0) is 45.2 Å². The second kappa shape index (κ2) is 7.57. The number of carbonyl (C=O) groups is 1. The van der Waals surface area contributed by atoms with Crippen molar-refractivity contribution in [1.29, 1.82) is 0 Å². The number of likely N-dealkylation sites (tertiary alicyclic amines) is 1. The van der Waals surface area contributed by atoms with Crippen LogP contribution in [-0.4, -0.2) is 50.7 Å². The highest BCUT2D eigenvalue weighted by Gasteiger charge is 2.29. The minimum atomic E-state index is 0.171. The monoisotopic (exact) mass is 320 g/mol. The number of hydrogen-bond acceptors (Lipinski definition) is 4. The zero-order valence-corrected chi connectivity index (χ0v) is 14.8. The van der Waals surface area contributed by atoms with E-state index < -0.39 is 0 Å². The molecule has 0 N–H and O–H groups in total. The number of piperidine rings is 1. The average Bonchev–Trinajstić information content (AvgIpc) is 2.53. The molecule has 1 heterocycles. The van der Waals surface area contributed by atoms with E-state index in [1.807, 2.05) is 35.0 Å². The number of hydrogen-bond donors (Lipinski definition) is 0. The second-order valence-electron chi connectivity index (χ2n) is 6.32. The van der Waals surface area contributed by atoms with Crippen LogP contribution in [0.15, 0.2) is 18.2 Å². The van der Waals surface area contributed by atoms with Crippen LogP contribution in [0.2, 0.25) is 0 Å². The number of nitrogens with zero attached hydrogens (tertiary/aromatic N) is 2. The number of amides is 1. The van der Waals surface area contributed by atoms with E-state index in [0.717, 1.165) is 24.3 Å². The van der Waals surface area contributed by atoms with Crippen LogP contribution < -0.4 is 14.4 Å². The molecule has 1 aliphatic heterocycles. The zero-order chi connectivity index (χ0) is 17.0. The summed E-state index contributed by atoms with van der Waals surface area (Å²) >= 11 is 0. The Hall–Kier alpha value is -1.91. The Morgan fingerprint density at radius 3 is 2.43 bits per heavy atom. The van der Waals surface area contributed by atoms with Crippen LogP contribution in [-0.2, 0) is 4.79 Å². The predicted octanol–water partition coefficient (Wildman–Crippen LogP) is 2.93. The molecule has 0 saturated carbocycles. The molecule has 1 aliphatic rings. The Morgan fingerprint density at radius 2 is 1.87 bits per heavy atom. The third-order valence-corrected chi connectivity index (χ3v) is 4.65. The van der Waals surface area contributed by atoms with E-state index in [0.29, 0.717) is 24.4 Å². The van der Waals surface area contributed by atoms with Gasteiger partial charge < -0.3 is 19.3 Å². The molecule has 1 aromatic carbocycles. The molecule has 5 heteroatoms. The highest BCUT2D eigenvalue weighted by atomic mass is 16.5. The van der Waals surface area contributed by atoms with Gasteiger partial charge >= 0.3 is 0 Å². The first kappa shape index (κ1) is 17.4. The van der Waals surface area contributed by atoms with Gasteiger partial charge in [-0.15, -0.1) is 0 Å². The topological polar surface area (TPSA) is 42.0 Å². The molecular weight excluding hydrogens is 292 g/mol. The molecule has 0 aromatic heterocycles. The largest absolute Gasteiger partial charge is 0.497 e. The Bertz CT molecular complexity index is 537. The lowest BCUT2D eigenvalue weighted by Gasteiger charge is -2.40. The molecule has 5 nitrogen and oxygen atoms in total. The van der Waals surface area contributed by atoms with Gasteiger partial charge in [-0.25, -0.2) is 0 Å². The van der Waals surface area contributed by atoms with Crippen LogP contribution in [0.4, 0.5) is 5.69 Å². The molecule has 0 bridgehead atoms. The summed E-state index contributed by atoms with van der Waals surface area (Å²) in [5.41, 5.74) is 0.888. The minimum Gasteiger partial charge on any atom is -0.497 e. The van der Waals surface area contributed by atoms with Gasteiger partial charge in [0, 0.05) is 25.2 Å². The smallest absolute Gasteiger partial charge is 0.242 e. The van der Waals surface area contributed by atoms with Crippen molar-refractivity contribution < 1.29 is 14.3 Å². The van der Waals surface area contributed by atoms with Gasteiger partial charge in [0.15, 0.2) is 0 Å². The molecule has 0 aliphatic carbocycles. The number of rotatable bonds is 5. The van der Waals surface area contributed by atoms with Crippen LogP contribution in [0.25, 0.3) is 0 Å². The predicted molar refractivity (Wildman–Crippen MR) is 92.4 cm³/mol. The maximum absolute atomic E-state index is 12.7. The van der Waals surface area contributed by atoms with Crippen molar-refractivity contribution >= 4 is 11.6 Å². The Balaban J connectivity index is 2.12. The molecule has 1 saturated heterocycles. The number of carbonyl (C=O) groups excluding carboxylic acids is 1. The van der Waals surface area contributed by atoms with E-state index in [2.05, 4.69) is 13.8 Å². The van der Waals surface area contributed by atoms with E-state index in [4.69, 9.17) is 9.47 Å². The number of benzene rings is 1. The summed E-state index contributed by atoms with van der Waals surface area (Å²) in [6.45, 7) is 4.63. The van der Waals surface area contributed by atoms with Gasteiger partial charge in [0.2, 0.25) is 5.91 Å². The molecule has 0 unspecified atom stereocenters. The lowest BCUT2D eigenvalue weighted by molar-refractivity contribution is -0.135. The van der Waals surface area contributed by atoms with Gasteiger partial charge in [-0.2, -0.15) is 0 Å². The van der Waals surface area contributed by atoms with Crippen molar-refractivity contribution in [2.24, 2.45) is 0 Å². The standard InChI is InChI=1S/C18H28N2O3/c1-13-7-6-8-14(2)20(13)18(21)12-19(3)16-10-9-15(22-4)11-17(16)23-5/h9-11,13-14H,6-8,12H2,1-5H3/t13-,14+. The van der Waals surface area contributed by atoms with Crippen molar-refractivity contribution in [1.82, 2.24) is 4.90 Å². The number of anilines is 1. The van der Waals surface area contributed by atoms with Crippen LogP contribution in [0.3, 0.4) is 0 Å². The Labute approximate surface area is 139 Å². The molecule has 23 heavy (non-hydrogen) atoms. The van der Waals surface area contributed by atoms with Gasteiger partial charge in [0.05, 0.1) is 26.5 Å². The fraction of sp³-hybridized carbons (Fsp3) is 0.611. The van der Waals surface area contributed by atoms with Crippen molar-refractivity contribution in [2.45, 2.75) is 45.2 Å². The van der Waals surface area contributed by atoms with E-state index >= 15 is 0 Å². The lowest BCUT2D eigenvalue weighted by Crippen LogP contribution is -2.50. The van der Waals surface area contributed by atoms with Crippen molar-refractivity contribution in [3.8, 4) is 11.5 Å². The summed E-state index contributed by atoms with van der Waals surface area (Å²) in [4.78, 5) is 16.7. The van der Waals surface area contributed by atoms with E-state index in [1.165, 1.54) is 6.42 Å². The van der Waals surface area contributed by atoms with E-state index in [-0.39, 0.29) is 5.91 Å². The fourth-order valence-electron chi connectivity index (χ4n) is 3.38. The van der Waals surface area contributed by atoms with Crippen LogP contribution in [0.5, 0.6) is 11.5 Å². The third-order valence-electron chi connectivity index (χ3n) is 4.65. The molecular formula is C18H28N2O3. The first-order valence-corrected chi connectivity index (χ1v) is 8.22. The van der Waals surface area contributed by atoms with Gasteiger partial charge in [0.1, 0.15) is 11.5 Å².